The van der Waals surface area contributed by atoms with Gasteiger partial charge >= 0.3 is 17.9 Å². The minimum Gasteiger partial charge on any atom is -0.462 e. The normalized spacial score (nSPS) is 12.5. The van der Waals surface area contributed by atoms with Crippen molar-refractivity contribution in [2.45, 2.75) is 374 Å². The lowest BCUT2D eigenvalue weighted by Gasteiger charge is -2.18. The summed E-state index contributed by atoms with van der Waals surface area (Å²) < 4.78 is 17.0. The van der Waals surface area contributed by atoms with Crippen LogP contribution >= 0.6 is 0 Å². The van der Waals surface area contributed by atoms with Crippen molar-refractivity contribution in [2.75, 3.05) is 13.2 Å². The fourth-order valence-electron chi connectivity index (χ4n) is 10.3. The number of hydrogen-bond donors (Lipinski definition) is 0. The second-order valence-corrected chi connectivity index (χ2v) is 23.8. The van der Waals surface area contributed by atoms with Crippen LogP contribution in [-0.2, 0) is 28.6 Å². The molecule has 0 aliphatic heterocycles. The highest BCUT2D eigenvalue weighted by Gasteiger charge is 2.19. The minimum atomic E-state index is -0.789. The summed E-state index contributed by atoms with van der Waals surface area (Å²) in [6, 6.07) is 0. The molecule has 1 atom stereocenters. The zero-order valence-corrected chi connectivity index (χ0v) is 54.1. The van der Waals surface area contributed by atoms with Crippen LogP contribution in [0, 0.1) is 0 Å². The van der Waals surface area contributed by atoms with Crippen LogP contribution in [0.5, 0.6) is 0 Å². The summed E-state index contributed by atoms with van der Waals surface area (Å²) in [5.41, 5.74) is 0. The van der Waals surface area contributed by atoms with Crippen molar-refractivity contribution < 1.29 is 28.6 Å². The van der Waals surface area contributed by atoms with Gasteiger partial charge in [-0.1, -0.05) is 325 Å². The number of hydrogen-bond acceptors (Lipinski definition) is 6. The third-order valence-electron chi connectivity index (χ3n) is 15.7. The Morgan fingerprint density at radius 2 is 0.444 bits per heavy atom. The van der Waals surface area contributed by atoms with Crippen LogP contribution in [0.1, 0.15) is 367 Å². The van der Waals surface area contributed by atoms with E-state index in [9.17, 15) is 14.4 Å². The number of esters is 3. The molecule has 6 nitrogen and oxygen atoms in total. The molecule has 0 saturated carbocycles. The van der Waals surface area contributed by atoms with Crippen molar-refractivity contribution in [3.63, 3.8) is 0 Å². The van der Waals surface area contributed by atoms with Gasteiger partial charge in [-0.2, -0.15) is 0 Å². The van der Waals surface area contributed by atoms with E-state index in [1.165, 1.54) is 225 Å². The van der Waals surface area contributed by atoms with Crippen molar-refractivity contribution in [1.29, 1.82) is 0 Å². The SMILES string of the molecule is CCCCC/C=C\C/C=C\C/C=C\CCCCCCCCC(=O)OCC(COC(=O)CCCCCCCCCCCCCCCCCCCCCCCCC)OC(=O)CCCCCCCC/C=C\C/C=C\C/C=C\CCCCCCC. The molecule has 0 aliphatic carbocycles. The van der Waals surface area contributed by atoms with Gasteiger partial charge in [0, 0.05) is 19.3 Å². The number of allylic oxidation sites excluding steroid dienone is 12. The van der Waals surface area contributed by atoms with Crippen molar-refractivity contribution in [3.05, 3.63) is 72.9 Å². The van der Waals surface area contributed by atoms with Crippen molar-refractivity contribution in [1.82, 2.24) is 0 Å². The van der Waals surface area contributed by atoms with Crippen LogP contribution in [0.4, 0.5) is 0 Å². The monoisotopic (exact) mass is 1130 g/mol. The quantitative estimate of drug-likeness (QED) is 0.0261. The van der Waals surface area contributed by atoms with Crippen molar-refractivity contribution in [3.8, 4) is 0 Å². The van der Waals surface area contributed by atoms with Gasteiger partial charge in [0.2, 0.25) is 0 Å². The Morgan fingerprint density at radius 3 is 0.716 bits per heavy atom. The van der Waals surface area contributed by atoms with E-state index in [-0.39, 0.29) is 31.1 Å². The van der Waals surface area contributed by atoms with Gasteiger partial charge in [0.25, 0.3) is 0 Å². The van der Waals surface area contributed by atoms with Crippen LogP contribution < -0.4 is 0 Å². The summed E-state index contributed by atoms with van der Waals surface area (Å²) in [5, 5.41) is 0. The molecule has 0 rings (SSSR count). The molecule has 0 heterocycles. The molecule has 0 fully saturated rings. The van der Waals surface area contributed by atoms with Gasteiger partial charge in [0.05, 0.1) is 0 Å². The Balaban J connectivity index is 4.38. The maximum absolute atomic E-state index is 13.0. The van der Waals surface area contributed by atoms with Gasteiger partial charge in [-0.3, -0.25) is 14.4 Å². The fraction of sp³-hybridized carbons (Fsp3) is 0.800. The summed E-state index contributed by atoms with van der Waals surface area (Å²) >= 11 is 0. The number of carbonyl (C=O) groups is 3. The largest absolute Gasteiger partial charge is 0.462 e. The van der Waals surface area contributed by atoms with Gasteiger partial charge in [-0.05, 0) is 96.3 Å². The van der Waals surface area contributed by atoms with Crippen LogP contribution in [0.2, 0.25) is 0 Å². The molecular formula is C75H134O6. The zero-order valence-electron chi connectivity index (χ0n) is 54.1. The minimum absolute atomic E-state index is 0.0820. The van der Waals surface area contributed by atoms with Crippen LogP contribution in [0.25, 0.3) is 0 Å². The smallest absolute Gasteiger partial charge is 0.306 e. The molecule has 0 N–H and O–H groups in total. The average Bonchev–Trinajstić information content (AvgIpc) is 3.47. The Morgan fingerprint density at radius 1 is 0.247 bits per heavy atom. The van der Waals surface area contributed by atoms with Crippen molar-refractivity contribution >= 4 is 17.9 Å². The molecule has 0 saturated heterocycles. The first-order chi connectivity index (χ1) is 40.0. The van der Waals surface area contributed by atoms with Crippen molar-refractivity contribution in [2.24, 2.45) is 0 Å². The molecule has 1 unspecified atom stereocenters. The Bertz CT molecular complexity index is 1490. The highest BCUT2D eigenvalue weighted by molar-refractivity contribution is 5.71. The summed E-state index contributed by atoms with van der Waals surface area (Å²) in [6.45, 7) is 6.64. The third kappa shape index (κ3) is 67.5. The summed E-state index contributed by atoms with van der Waals surface area (Å²) in [7, 11) is 0. The standard InChI is InChI=1S/C75H134O6/c1-4-7-10-13-16-19-22-25-28-31-34-36-37-39-41-44-47-50-53-56-59-62-65-68-74(77)80-71-72(70-79-73(76)67-64-61-58-55-52-49-46-43-40-33-30-27-24-21-18-15-12-9-6-3)81-75(78)69-66-63-60-57-54-51-48-45-42-38-35-32-29-26-23-20-17-14-11-8-5-2/h18,21,23,26-27,30,32,35,40,42-43,45,72H,4-17,19-20,22,24-25,28-29,31,33-34,36-39,41,44,46-71H2,1-3H3/b21-18-,26-23-,30-27-,35-32-,43-40-,45-42-. The number of rotatable bonds is 65. The van der Waals surface area contributed by atoms with E-state index in [1.807, 2.05) is 0 Å². The predicted molar refractivity (Wildman–Crippen MR) is 353 cm³/mol. The molecule has 0 aromatic heterocycles. The number of carbonyl (C=O) groups excluding carboxylic acids is 3. The molecule has 0 aromatic rings. The van der Waals surface area contributed by atoms with E-state index in [2.05, 4.69) is 93.7 Å². The molecule has 0 aliphatic rings. The van der Waals surface area contributed by atoms with Gasteiger partial charge in [-0.15, -0.1) is 0 Å². The highest BCUT2D eigenvalue weighted by Crippen LogP contribution is 2.18. The molecule has 470 valence electrons. The fourth-order valence-corrected chi connectivity index (χ4v) is 10.3. The lowest BCUT2D eigenvalue weighted by atomic mass is 10.0. The lowest BCUT2D eigenvalue weighted by molar-refractivity contribution is -0.167. The van der Waals surface area contributed by atoms with Crippen LogP contribution in [-0.4, -0.2) is 37.2 Å². The molecule has 0 radical (unpaired) electrons. The maximum atomic E-state index is 13.0. The highest BCUT2D eigenvalue weighted by atomic mass is 16.6. The van der Waals surface area contributed by atoms with Crippen LogP contribution in [0.3, 0.4) is 0 Å². The number of ether oxygens (including phenoxy) is 3. The lowest BCUT2D eigenvalue weighted by Crippen LogP contribution is -2.30. The average molecular weight is 1130 g/mol. The van der Waals surface area contributed by atoms with E-state index in [0.717, 1.165) is 103 Å². The third-order valence-corrected chi connectivity index (χ3v) is 15.7. The molecular weight excluding hydrogens is 997 g/mol. The van der Waals surface area contributed by atoms with E-state index in [1.54, 1.807) is 0 Å². The van der Waals surface area contributed by atoms with Gasteiger partial charge in [0.1, 0.15) is 13.2 Å². The first-order valence-electron chi connectivity index (χ1n) is 35.4. The molecule has 81 heavy (non-hydrogen) atoms. The van der Waals surface area contributed by atoms with Gasteiger partial charge in [-0.25, -0.2) is 0 Å². The second-order valence-electron chi connectivity index (χ2n) is 23.8. The maximum Gasteiger partial charge on any atom is 0.306 e. The predicted octanol–water partition coefficient (Wildman–Crippen LogP) is 24.4. The first kappa shape index (κ1) is 77.9. The zero-order chi connectivity index (χ0) is 58.5. The van der Waals surface area contributed by atoms with E-state index in [0.29, 0.717) is 19.3 Å². The molecule has 0 amide bonds. The topological polar surface area (TPSA) is 78.9 Å². The van der Waals surface area contributed by atoms with E-state index < -0.39 is 6.10 Å². The Labute approximate surface area is 503 Å². The summed E-state index contributed by atoms with van der Waals surface area (Å²) in [4.78, 5) is 38.5. The summed E-state index contributed by atoms with van der Waals surface area (Å²) in [5.74, 6) is -0.886. The Hall–Kier alpha value is -3.15. The van der Waals surface area contributed by atoms with E-state index >= 15 is 0 Å². The Kier molecular flexibility index (Phi) is 66.6. The molecule has 0 spiro atoms. The second kappa shape index (κ2) is 69.3. The molecule has 6 heteroatoms. The first-order valence-corrected chi connectivity index (χ1v) is 35.4. The molecule has 0 aromatic carbocycles. The van der Waals surface area contributed by atoms with E-state index in [4.69, 9.17) is 14.2 Å². The van der Waals surface area contributed by atoms with Gasteiger partial charge in [0.15, 0.2) is 6.10 Å². The molecule has 0 bridgehead atoms. The van der Waals surface area contributed by atoms with Gasteiger partial charge < -0.3 is 14.2 Å². The summed E-state index contributed by atoms with van der Waals surface area (Å²) in [6.07, 6.45) is 90.6. The van der Waals surface area contributed by atoms with Crippen LogP contribution in [0.15, 0.2) is 72.9 Å². The number of unbranched alkanes of at least 4 members (excludes halogenated alkanes) is 42.